The van der Waals surface area contributed by atoms with Crippen molar-refractivity contribution in [2.75, 3.05) is 6.54 Å². The SMILES string of the molecule is O=C(O)N(CCc1c[nH]c2cc(F)ccc12)N(O)Cc1ccccc1. The second-order valence-electron chi connectivity index (χ2n) is 5.68. The number of hydrogen-bond donors (Lipinski definition) is 3. The van der Waals surface area contributed by atoms with Crippen LogP contribution in [0, 0.1) is 5.82 Å². The van der Waals surface area contributed by atoms with E-state index in [1.54, 1.807) is 24.4 Å². The van der Waals surface area contributed by atoms with Crippen molar-refractivity contribution in [2.45, 2.75) is 13.0 Å². The molecule has 7 heteroatoms. The summed E-state index contributed by atoms with van der Waals surface area (Å²) >= 11 is 0. The van der Waals surface area contributed by atoms with E-state index in [4.69, 9.17) is 0 Å². The Morgan fingerprint density at radius 2 is 1.92 bits per heavy atom. The van der Waals surface area contributed by atoms with Gasteiger partial charge < -0.3 is 10.1 Å². The van der Waals surface area contributed by atoms with Crippen LogP contribution in [0.2, 0.25) is 0 Å². The number of halogens is 1. The highest BCUT2D eigenvalue weighted by Gasteiger charge is 2.20. The van der Waals surface area contributed by atoms with Crippen molar-refractivity contribution >= 4 is 17.0 Å². The minimum atomic E-state index is -1.25. The molecule has 0 unspecified atom stereocenters. The van der Waals surface area contributed by atoms with Gasteiger partial charge in [0.1, 0.15) is 5.82 Å². The van der Waals surface area contributed by atoms with Gasteiger partial charge in [0.05, 0.1) is 6.54 Å². The molecule has 0 saturated carbocycles. The first-order valence-electron chi connectivity index (χ1n) is 7.81. The van der Waals surface area contributed by atoms with Crippen molar-refractivity contribution in [1.82, 2.24) is 15.2 Å². The first-order chi connectivity index (χ1) is 12.0. The van der Waals surface area contributed by atoms with E-state index in [0.29, 0.717) is 17.1 Å². The number of nitrogens with one attached hydrogen (secondary N) is 1. The van der Waals surface area contributed by atoms with Gasteiger partial charge in [-0.05, 0) is 35.7 Å². The Kier molecular flexibility index (Phi) is 4.97. The molecule has 0 radical (unpaired) electrons. The quantitative estimate of drug-likeness (QED) is 0.597. The lowest BCUT2D eigenvalue weighted by Crippen LogP contribution is -2.44. The second kappa shape index (κ2) is 7.33. The van der Waals surface area contributed by atoms with Gasteiger partial charge in [-0.15, -0.1) is 0 Å². The van der Waals surface area contributed by atoms with Crippen LogP contribution in [0.5, 0.6) is 0 Å². The van der Waals surface area contributed by atoms with E-state index in [-0.39, 0.29) is 18.9 Å². The van der Waals surface area contributed by atoms with Gasteiger partial charge in [0.15, 0.2) is 0 Å². The highest BCUT2D eigenvalue weighted by molar-refractivity contribution is 5.83. The third-order valence-corrected chi connectivity index (χ3v) is 3.99. The average molecular weight is 343 g/mol. The summed E-state index contributed by atoms with van der Waals surface area (Å²) in [5.41, 5.74) is 2.30. The number of nitrogens with zero attached hydrogens (tertiary/aromatic N) is 2. The molecular formula is C18H18FN3O3. The van der Waals surface area contributed by atoms with E-state index in [9.17, 15) is 19.5 Å². The van der Waals surface area contributed by atoms with E-state index >= 15 is 0 Å². The van der Waals surface area contributed by atoms with Crippen molar-refractivity contribution in [3.8, 4) is 0 Å². The zero-order valence-electron chi connectivity index (χ0n) is 13.4. The smallest absolute Gasteiger partial charge is 0.423 e. The first kappa shape index (κ1) is 16.9. The van der Waals surface area contributed by atoms with Crippen LogP contribution in [0.15, 0.2) is 54.7 Å². The minimum absolute atomic E-state index is 0.0617. The van der Waals surface area contributed by atoms with Gasteiger partial charge >= 0.3 is 6.09 Å². The normalized spacial score (nSPS) is 11.2. The number of amides is 1. The fourth-order valence-electron chi connectivity index (χ4n) is 2.73. The number of benzene rings is 2. The van der Waals surface area contributed by atoms with Crippen LogP contribution in [-0.4, -0.2) is 38.1 Å². The van der Waals surface area contributed by atoms with Crippen LogP contribution in [0.3, 0.4) is 0 Å². The number of carbonyl (C=O) groups is 1. The van der Waals surface area contributed by atoms with Gasteiger partial charge in [-0.1, -0.05) is 35.5 Å². The highest BCUT2D eigenvalue weighted by Crippen LogP contribution is 2.20. The molecule has 1 aromatic heterocycles. The third-order valence-electron chi connectivity index (χ3n) is 3.99. The molecule has 0 spiro atoms. The predicted molar refractivity (Wildman–Crippen MR) is 90.5 cm³/mol. The molecule has 0 fully saturated rings. The maximum Gasteiger partial charge on any atom is 0.423 e. The van der Waals surface area contributed by atoms with Crippen molar-refractivity contribution in [1.29, 1.82) is 0 Å². The number of hydroxylamine groups is 1. The predicted octanol–water partition coefficient (Wildman–Crippen LogP) is 3.64. The average Bonchev–Trinajstić information content (AvgIpc) is 2.97. The summed E-state index contributed by atoms with van der Waals surface area (Å²) in [7, 11) is 0. The van der Waals surface area contributed by atoms with Crippen molar-refractivity contribution in [3.63, 3.8) is 0 Å². The van der Waals surface area contributed by atoms with Crippen molar-refractivity contribution in [2.24, 2.45) is 0 Å². The van der Waals surface area contributed by atoms with E-state index in [0.717, 1.165) is 21.5 Å². The number of hydrogen-bond acceptors (Lipinski definition) is 3. The molecule has 0 saturated heterocycles. The lowest BCUT2D eigenvalue weighted by molar-refractivity contribution is -0.233. The van der Waals surface area contributed by atoms with Gasteiger partial charge in [-0.2, -0.15) is 0 Å². The van der Waals surface area contributed by atoms with Crippen LogP contribution in [0.25, 0.3) is 10.9 Å². The van der Waals surface area contributed by atoms with E-state index < -0.39 is 6.09 Å². The first-order valence-corrected chi connectivity index (χ1v) is 7.81. The molecule has 0 aliphatic carbocycles. The molecule has 0 aliphatic heterocycles. The van der Waals surface area contributed by atoms with Crippen LogP contribution in [0.1, 0.15) is 11.1 Å². The standard InChI is InChI=1S/C18H18FN3O3/c19-15-6-7-16-14(11-20-17(16)10-15)8-9-21(18(23)24)22(25)12-13-4-2-1-3-5-13/h1-7,10-11,20,25H,8-9,12H2,(H,23,24). The van der Waals surface area contributed by atoms with Gasteiger partial charge in [0, 0.05) is 23.6 Å². The summed E-state index contributed by atoms with van der Waals surface area (Å²) < 4.78 is 13.2. The van der Waals surface area contributed by atoms with Crippen molar-refractivity contribution < 1.29 is 19.5 Å². The summed E-state index contributed by atoms with van der Waals surface area (Å²) in [5.74, 6) is -0.336. The fraction of sp³-hybridized carbons (Fsp3) is 0.167. The van der Waals surface area contributed by atoms with Gasteiger partial charge in [0.2, 0.25) is 0 Å². The molecule has 3 aromatic rings. The molecule has 130 valence electrons. The summed E-state index contributed by atoms with van der Waals surface area (Å²) in [6.07, 6.45) is 0.858. The molecule has 2 aromatic carbocycles. The summed E-state index contributed by atoms with van der Waals surface area (Å²) in [6, 6.07) is 13.5. The molecule has 25 heavy (non-hydrogen) atoms. The molecule has 3 rings (SSSR count). The lowest BCUT2D eigenvalue weighted by atomic mass is 10.1. The second-order valence-corrected chi connectivity index (χ2v) is 5.68. The molecule has 1 amide bonds. The zero-order chi connectivity index (χ0) is 17.8. The van der Waals surface area contributed by atoms with Gasteiger partial charge in [0.25, 0.3) is 0 Å². The van der Waals surface area contributed by atoms with Crippen molar-refractivity contribution in [3.05, 3.63) is 71.7 Å². The fourth-order valence-corrected chi connectivity index (χ4v) is 2.73. The van der Waals surface area contributed by atoms with Gasteiger partial charge in [-0.3, -0.25) is 5.21 Å². The molecule has 3 N–H and O–H groups in total. The van der Waals surface area contributed by atoms with E-state index in [1.165, 1.54) is 12.1 Å². The number of hydrazine groups is 1. The number of carboxylic acid groups (broad SMARTS) is 1. The molecule has 6 nitrogen and oxygen atoms in total. The lowest BCUT2D eigenvalue weighted by Gasteiger charge is -2.27. The number of H-pyrrole nitrogens is 1. The molecular weight excluding hydrogens is 325 g/mol. The Bertz CT molecular complexity index is 866. The summed E-state index contributed by atoms with van der Waals surface area (Å²) in [5, 5.41) is 21.9. The Morgan fingerprint density at radius 3 is 2.64 bits per heavy atom. The highest BCUT2D eigenvalue weighted by atomic mass is 19.1. The van der Waals surface area contributed by atoms with Gasteiger partial charge in [-0.25, -0.2) is 14.2 Å². The summed E-state index contributed by atoms with van der Waals surface area (Å²) in [6.45, 7) is 0.134. The van der Waals surface area contributed by atoms with Crippen LogP contribution in [-0.2, 0) is 13.0 Å². The monoisotopic (exact) mass is 343 g/mol. The zero-order valence-corrected chi connectivity index (χ0v) is 13.4. The number of aromatic nitrogens is 1. The largest absolute Gasteiger partial charge is 0.464 e. The number of rotatable bonds is 6. The molecule has 0 atom stereocenters. The van der Waals surface area contributed by atoms with Crippen LogP contribution in [0.4, 0.5) is 9.18 Å². The molecule has 0 bridgehead atoms. The minimum Gasteiger partial charge on any atom is -0.464 e. The Hall–Kier alpha value is -2.90. The van der Waals surface area contributed by atoms with E-state index in [2.05, 4.69) is 4.98 Å². The van der Waals surface area contributed by atoms with E-state index in [1.807, 2.05) is 18.2 Å². The maximum absolute atomic E-state index is 13.2. The summed E-state index contributed by atoms with van der Waals surface area (Å²) in [4.78, 5) is 14.4. The molecule has 1 heterocycles. The Labute approximate surface area is 143 Å². The topological polar surface area (TPSA) is 79.8 Å². The Morgan fingerprint density at radius 1 is 1.16 bits per heavy atom. The van der Waals surface area contributed by atoms with Crippen LogP contribution >= 0.6 is 0 Å². The number of fused-ring (bicyclic) bond motifs is 1. The van der Waals surface area contributed by atoms with Crippen LogP contribution < -0.4 is 0 Å². The number of aromatic amines is 1. The third kappa shape index (κ3) is 3.96. The maximum atomic E-state index is 13.2. The Balaban J connectivity index is 1.70. The molecule has 0 aliphatic rings.